The van der Waals surface area contributed by atoms with Crippen LogP contribution in [0.5, 0.6) is 5.75 Å². The van der Waals surface area contributed by atoms with E-state index in [-0.39, 0.29) is 23.6 Å². The highest BCUT2D eigenvalue weighted by atomic mass is 16.5. The van der Waals surface area contributed by atoms with Crippen molar-refractivity contribution >= 4 is 5.97 Å². The van der Waals surface area contributed by atoms with Gasteiger partial charge in [0, 0.05) is 0 Å². The summed E-state index contributed by atoms with van der Waals surface area (Å²) in [5.41, 5.74) is 0.942. The average Bonchev–Trinajstić information content (AvgIpc) is 2.92. The number of ether oxygens (including phenoxy) is 2. The summed E-state index contributed by atoms with van der Waals surface area (Å²) in [6, 6.07) is 7.99. The number of benzene rings is 1. The lowest BCUT2D eigenvalue weighted by molar-refractivity contribution is -0.153. The van der Waals surface area contributed by atoms with Gasteiger partial charge < -0.3 is 9.47 Å². The Morgan fingerprint density at radius 1 is 1.18 bits per heavy atom. The Balaban J connectivity index is 1.85. The van der Waals surface area contributed by atoms with Gasteiger partial charge in [-0.15, -0.1) is 0 Å². The Labute approximate surface area is 134 Å². The Kier molecular flexibility index (Phi) is 5.49. The highest BCUT2D eigenvalue weighted by Crippen LogP contribution is 2.23. The van der Waals surface area contributed by atoms with Crippen LogP contribution in [0.2, 0.25) is 0 Å². The molecule has 1 aromatic rings. The molecular formula is C19H28O3. The Morgan fingerprint density at radius 3 is 2.32 bits per heavy atom. The van der Waals surface area contributed by atoms with Gasteiger partial charge in [0.1, 0.15) is 17.5 Å². The predicted octanol–water partition coefficient (Wildman–Crippen LogP) is 4.53. The number of hydrogen-bond donors (Lipinski definition) is 0. The van der Waals surface area contributed by atoms with Gasteiger partial charge in [-0.05, 0) is 70.6 Å². The number of esters is 1. The normalized spacial score (nSPS) is 17.3. The first kappa shape index (κ1) is 16.9. The largest absolute Gasteiger partial charge is 0.488 e. The van der Waals surface area contributed by atoms with Gasteiger partial charge in [0.05, 0.1) is 5.92 Å². The van der Waals surface area contributed by atoms with Crippen molar-refractivity contribution in [2.75, 3.05) is 0 Å². The Morgan fingerprint density at radius 2 is 1.77 bits per heavy atom. The SMILES string of the molecule is C[C@@H](Cc1ccc(OC(C)(C)C)cc1)C(=O)OC1CCCC1. The minimum atomic E-state index is -0.195. The smallest absolute Gasteiger partial charge is 0.309 e. The minimum Gasteiger partial charge on any atom is -0.488 e. The van der Waals surface area contributed by atoms with E-state index in [1.54, 1.807) is 0 Å². The van der Waals surface area contributed by atoms with Crippen molar-refractivity contribution in [3.05, 3.63) is 29.8 Å². The first-order valence-corrected chi connectivity index (χ1v) is 8.32. The zero-order chi connectivity index (χ0) is 16.2. The van der Waals surface area contributed by atoms with E-state index in [0.29, 0.717) is 6.42 Å². The van der Waals surface area contributed by atoms with E-state index < -0.39 is 0 Å². The Bertz CT molecular complexity index is 478. The zero-order valence-electron chi connectivity index (χ0n) is 14.2. The van der Waals surface area contributed by atoms with Crippen molar-refractivity contribution in [2.24, 2.45) is 5.92 Å². The van der Waals surface area contributed by atoms with Crippen LogP contribution in [0.25, 0.3) is 0 Å². The molecule has 0 amide bonds. The fraction of sp³-hybridized carbons (Fsp3) is 0.632. The highest BCUT2D eigenvalue weighted by molar-refractivity contribution is 5.72. The van der Waals surface area contributed by atoms with Crippen molar-refractivity contribution in [3.8, 4) is 5.75 Å². The molecule has 1 aliphatic rings. The highest BCUT2D eigenvalue weighted by Gasteiger charge is 2.23. The number of hydrogen-bond acceptors (Lipinski definition) is 3. The number of carbonyl (C=O) groups is 1. The fourth-order valence-corrected chi connectivity index (χ4v) is 2.77. The molecule has 1 saturated carbocycles. The van der Waals surface area contributed by atoms with Crippen molar-refractivity contribution in [1.29, 1.82) is 0 Å². The lowest BCUT2D eigenvalue weighted by Crippen LogP contribution is -2.23. The van der Waals surface area contributed by atoms with Crippen LogP contribution < -0.4 is 4.74 Å². The number of rotatable bonds is 5. The maximum Gasteiger partial charge on any atom is 0.309 e. The van der Waals surface area contributed by atoms with Gasteiger partial charge in [-0.25, -0.2) is 0 Å². The van der Waals surface area contributed by atoms with E-state index in [2.05, 4.69) is 0 Å². The quantitative estimate of drug-likeness (QED) is 0.750. The van der Waals surface area contributed by atoms with Gasteiger partial charge in [-0.3, -0.25) is 4.79 Å². The van der Waals surface area contributed by atoms with Gasteiger partial charge in [0.25, 0.3) is 0 Å². The molecular weight excluding hydrogens is 276 g/mol. The van der Waals surface area contributed by atoms with Crippen molar-refractivity contribution in [3.63, 3.8) is 0 Å². The standard InChI is InChI=1S/C19H28O3/c1-14(18(20)21-16-7-5-6-8-16)13-15-9-11-17(12-10-15)22-19(2,3)4/h9-12,14,16H,5-8,13H2,1-4H3/t14-/m0/s1. The van der Waals surface area contributed by atoms with Crippen LogP contribution >= 0.6 is 0 Å². The van der Waals surface area contributed by atoms with E-state index in [0.717, 1.165) is 24.2 Å². The molecule has 0 unspecified atom stereocenters. The zero-order valence-corrected chi connectivity index (χ0v) is 14.2. The summed E-state index contributed by atoms with van der Waals surface area (Å²) in [6.45, 7) is 8.03. The average molecular weight is 304 g/mol. The van der Waals surface area contributed by atoms with Crippen LogP contribution in [0.4, 0.5) is 0 Å². The summed E-state index contributed by atoms with van der Waals surface area (Å²) >= 11 is 0. The van der Waals surface area contributed by atoms with Crippen LogP contribution in [0, 0.1) is 5.92 Å². The second-order valence-corrected chi connectivity index (χ2v) is 7.31. The third-order valence-corrected chi connectivity index (χ3v) is 3.88. The van der Waals surface area contributed by atoms with Gasteiger partial charge in [-0.2, -0.15) is 0 Å². The molecule has 22 heavy (non-hydrogen) atoms. The predicted molar refractivity (Wildman–Crippen MR) is 88.0 cm³/mol. The molecule has 0 aromatic heterocycles. The fourth-order valence-electron chi connectivity index (χ4n) is 2.77. The monoisotopic (exact) mass is 304 g/mol. The summed E-state index contributed by atoms with van der Waals surface area (Å²) in [5, 5.41) is 0. The molecule has 0 heterocycles. The molecule has 0 aliphatic heterocycles. The van der Waals surface area contributed by atoms with Crippen molar-refractivity contribution in [2.45, 2.75) is 71.5 Å². The topological polar surface area (TPSA) is 35.5 Å². The van der Waals surface area contributed by atoms with Gasteiger partial charge in [0.2, 0.25) is 0 Å². The first-order chi connectivity index (χ1) is 10.3. The van der Waals surface area contributed by atoms with E-state index in [4.69, 9.17) is 9.47 Å². The molecule has 2 rings (SSSR count). The summed E-state index contributed by atoms with van der Waals surface area (Å²) in [7, 11) is 0. The lowest BCUT2D eigenvalue weighted by atomic mass is 10.0. The minimum absolute atomic E-state index is 0.0677. The van der Waals surface area contributed by atoms with Crippen LogP contribution in [0.1, 0.15) is 58.9 Å². The summed E-state index contributed by atoms with van der Waals surface area (Å²) in [5.74, 6) is 0.689. The number of carbonyl (C=O) groups excluding carboxylic acids is 1. The van der Waals surface area contributed by atoms with E-state index in [1.807, 2.05) is 52.0 Å². The van der Waals surface area contributed by atoms with Crippen LogP contribution in [0.3, 0.4) is 0 Å². The molecule has 3 heteroatoms. The maximum atomic E-state index is 12.1. The van der Waals surface area contributed by atoms with E-state index in [9.17, 15) is 4.79 Å². The van der Waals surface area contributed by atoms with Crippen LogP contribution in [-0.2, 0) is 16.0 Å². The second kappa shape index (κ2) is 7.17. The van der Waals surface area contributed by atoms with Crippen molar-refractivity contribution < 1.29 is 14.3 Å². The molecule has 0 radical (unpaired) electrons. The van der Waals surface area contributed by atoms with E-state index in [1.165, 1.54) is 12.8 Å². The first-order valence-electron chi connectivity index (χ1n) is 8.32. The molecule has 0 N–H and O–H groups in total. The van der Waals surface area contributed by atoms with Crippen LogP contribution in [-0.4, -0.2) is 17.7 Å². The second-order valence-electron chi connectivity index (χ2n) is 7.31. The lowest BCUT2D eigenvalue weighted by Gasteiger charge is -2.21. The van der Waals surface area contributed by atoms with Crippen LogP contribution in [0.15, 0.2) is 24.3 Å². The molecule has 0 saturated heterocycles. The third-order valence-electron chi connectivity index (χ3n) is 3.88. The Hall–Kier alpha value is -1.51. The van der Waals surface area contributed by atoms with Gasteiger partial charge >= 0.3 is 5.97 Å². The molecule has 1 aromatic carbocycles. The molecule has 1 aliphatic carbocycles. The summed E-state index contributed by atoms with van der Waals surface area (Å²) < 4.78 is 11.4. The van der Waals surface area contributed by atoms with Gasteiger partial charge in [0.15, 0.2) is 0 Å². The molecule has 0 spiro atoms. The molecule has 3 nitrogen and oxygen atoms in total. The molecule has 0 bridgehead atoms. The third kappa shape index (κ3) is 5.36. The van der Waals surface area contributed by atoms with Crippen molar-refractivity contribution in [1.82, 2.24) is 0 Å². The molecule has 122 valence electrons. The summed E-state index contributed by atoms with van der Waals surface area (Å²) in [6.07, 6.45) is 5.27. The maximum absolute atomic E-state index is 12.1. The summed E-state index contributed by atoms with van der Waals surface area (Å²) in [4.78, 5) is 12.1. The van der Waals surface area contributed by atoms with Gasteiger partial charge in [-0.1, -0.05) is 19.1 Å². The molecule has 1 atom stereocenters. The molecule has 1 fully saturated rings. The van der Waals surface area contributed by atoms with E-state index >= 15 is 0 Å².